The van der Waals surface area contributed by atoms with Crippen LogP contribution in [0, 0.1) is 20.8 Å². The summed E-state index contributed by atoms with van der Waals surface area (Å²) < 4.78 is 10.2. The number of carbonyl (C=O) groups excluding carboxylic acids is 1. The van der Waals surface area contributed by atoms with Crippen molar-refractivity contribution in [3.05, 3.63) is 46.0 Å². The Labute approximate surface area is 150 Å². The summed E-state index contributed by atoms with van der Waals surface area (Å²) >= 11 is 1.62. The molecule has 130 valence electrons. The van der Waals surface area contributed by atoms with Gasteiger partial charge in [0, 0.05) is 16.1 Å². The fraction of sp³-hybridized carbons (Fsp3) is 0.263. The molecule has 1 N–H and O–H groups in total. The number of ether oxygens (including phenoxy) is 2. The van der Waals surface area contributed by atoms with Crippen LogP contribution >= 0.6 is 11.3 Å². The number of nitrogens with zero attached hydrogens (tertiary/aromatic N) is 1. The van der Waals surface area contributed by atoms with Crippen molar-refractivity contribution in [1.82, 2.24) is 9.97 Å². The van der Waals surface area contributed by atoms with Crippen LogP contribution in [0.1, 0.15) is 26.5 Å². The van der Waals surface area contributed by atoms with Gasteiger partial charge in [0.1, 0.15) is 16.5 Å². The normalized spacial score (nSPS) is 10.8. The second kappa shape index (κ2) is 6.72. The van der Waals surface area contributed by atoms with Gasteiger partial charge in [-0.1, -0.05) is 12.1 Å². The van der Waals surface area contributed by atoms with Crippen molar-refractivity contribution < 1.29 is 14.3 Å². The van der Waals surface area contributed by atoms with Gasteiger partial charge in [-0.25, -0.2) is 9.78 Å². The number of aromatic amines is 1. The number of benzene rings is 1. The second-order valence-electron chi connectivity index (χ2n) is 5.77. The van der Waals surface area contributed by atoms with Crippen LogP contribution < -0.4 is 4.74 Å². The van der Waals surface area contributed by atoms with Gasteiger partial charge in [0.2, 0.25) is 0 Å². The molecule has 0 saturated carbocycles. The van der Waals surface area contributed by atoms with E-state index in [9.17, 15) is 4.79 Å². The standard InChI is InChI=1S/C19H20N2O3S/c1-10-15(19(22)24-5)11(2)20-16(10)17-12(3)25-18(21-17)13-7-6-8-14(9-13)23-4/h6-9,20H,1-5H3. The number of thiazole rings is 1. The molecule has 5 nitrogen and oxygen atoms in total. The maximum Gasteiger partial charge on any atom is 0.339 e. The van der Waals surface area contributed by atoms with Crippen LogP contribution in [0.4, 0.5) is 0 Å². The number of aromatic nitrogens is 2. The van der Waals surface area contributed by atoms with Gasteiger partial charge in [-0.3, -0.25) is 0 Å². The molecule has 0 spiro atoms. The zero-order chi connectivity index (χ0) is 18.1. The van der Waals surface area contributed by atoms with Gasteiger partial charge in [0.25, 0.3) is 0 Å². The van der Waals surface area contributed by atoms with Crippen LogP contribution in [0.15, 0.2) is 24.3 Å². The fourth-order valence-corrected chi connectivity index (χ4v) is 3.82. The van der Waals surface area contributed by atoms with Crippen molar-refractivity contribution >= 4 is 17.3 Å². The number of aryl methyl sites for hydroxylation is 2. The Kier molecular flexibility index (Phi) is 4.63. The van der Waals surface area contributed by atoms with Gasteiger partial charge < -0.3 is 14.5 Å². The SMILES string of the molecule is COC(=O)c1c(C)[nH]c(-c2nc(-c3cccc(OC)c3)sc2C)c1C. The Bertz CT molecular complexity index is 940. The van der Waals surface area contributed by atoms with Gasteiger partial charge in [0.05, 0.1) is 25.5 Å². The number of carbonyl (C=O) groups is 1. The zero-order valence-electron chi connectivity index (χ0n) is 14.9. The molecule has 0 atom stereocenters. The van der Waals surface area contributed by atoms with E-state index in [1.54, 1.807) is 18.4 Å². The van der Waals surface area contributed by atoms with Crippen molar-refractivity contribution in [3.63, 3.8) is 0 Å². The van der Waals surface area contributed by atoms with Crippen LogP contribution in [0.2, 0.25) is 0 Å². The number of methoxy groups -OCH3 is 2. The summed E-state index contributed by atoms with van der Waals surface area (Å²) in [5, 5.41) is 0.915. The highest BCUT2D eigenvalue weighted by atomic mass is 32.1. The lowest BCUT2D eigenvalue weighted by molar-refractivity contribution is 0.0599. The lowest BCUT2D eigenvalue weighted by Gasteiger charge is -2.01. The number of esters is 1. The first-order valence-corrected chi connectivity index (χ1v) is 8.67. The molecule has 0 aliphatic carbocycles. The molecule has 25 heavy (non-hydrogen) atoms. The van der Waals surface area contributed by atoms with Crippen LogP contribution in [-0.4, -0.2) is 30.2 Å². The first-order valence-electron chi connectivity index (χ1n) is 7.86. The topological polar surface area (TPSA) is 64.2 Å². The van der Waals surface area contributed by atoms with Gasteiger partial charge in [0.15, 0.2) is 0 Å². The summed E-state index contributed by atoms with van der Waals surface area (Å²) in [6.45, 7) is 5.81. The highest BCUT2D eigenvalue weighted by Crippen LogP contribution is 2.36. The van der Waals surface area contributed by atoms with Crippen LogP contribution in [0.25, 0.3) is 22.0 Å². The quantitative estimate of drug-likeness (QED) is 0.698. The van der Waals surface area contributed by atoms with Crippen molar-refractivity contribution in [2.45, 2.75) is 20.8 Å². The summed E-state index contributed by atoms with van der Waals surface area (Å²) in [6, 6.07) is 7.84. The molecular weight excluding hydrogens is 336 g/mol. The van der Waals surface area contributed by atoms with E-state index in [2.05, 4.69) is 4.98 Å². The van der Waals surface area contributed by atoms with Crippen molar-refractivity contribution in [3.8, 4) is 27.7 Å². The highest BCUT2D eigenvalue weighted by molar-refractivity contribution is 7.15. The lowest BCUT2D eigenvalue weighted by atomic mass is 10.1. The zero-order valence-corrected chi connectivity index (χ0v) is 15.7. The number of hydrogen-bond donors (Lipinski definition) is 1. The van der Waals surface area contributed by atoms with Gasteiger partial charge in [-0.05, 0) is 38.5 Å². The third-order valence-electron chi connectivity index (χ3n) is 4.18. The molecule has 0 fully saturated rings. The Hall–Kier alpha value is -2.60. The van der Waals surface area contributed by atoms with Gasteiger partial charge >= 0.3 is 5.97 Å². The number of H-pyrrole nitrogens is 1. The number of hydrogen-bond acceptors (Lipinski definition) is 5. The molecule has 0 saturated heterocycles. The maximum atomic E-state index is 12.0. The lowest BCUT2D eigenvalue weighted by Crippen LogP contribution is -2.03. The first-order chi connectivity index (χ1) is 12.0. The van der Waals surface area contributed by atoms with Crippen LogP contribution in [0.5, 0.6) is 5.75 Å². The van der Waals surface area contributed by atoms with Gasteiger partial charge in [-0.2, -0.15) is 0 Å². The summed E-state index contributed by atoms with van der Waals surface area (Å²) in [7, 11) is 3.04. The van der Waals surface area contributed by atoms with Crippen molar-refractivity contribution in [1.29, 1.82) is 0 Å². The Morgan fingerprint density at radius 2 is 1.96 bits per heavy atom. The average molecular weight is 356 g/mol. The predicted molar refractivity (Wildman–Crippen MR) is 99.4 cm³/mol. The van der Waals surface area contributed by atoms with E-state index in [0.29, 0.717) is 5.56 Å². The molecule has 2 aromatic heterocycles. The molecular formula is C19H20N2O3S. The maximum absolute atomic E-state index is 12.0. The van der Waals surface area contributed by atoms with E-state index in [1.807, 2.05) is 45.0 Å². The number of rotatable bonds is 4. The molecule has 0 amide bonds. The Morgan fingerprint density at radius 3 is 2.64 bits per heavy atom. The predicted octanol–water partition coefficient (Wildman–Crippen LogP) is 4.53. The molecule has 0 bridgehead atoms. The van der Waals surface area contributed by atoms with Gasteiger partial charge in [-0.15, -0.1) is 11.3 Å². The number of nitrogens with one attached hydrogen (secondary N) is 1. The van der Waals surface area contributed by atoms with Crippen molar-refractivity contribution in [2.24, 2.45) is 0 Å². The van der Waals surface area contributed by atoms with Crippen LogP contribution in [0.3, 0.4) is 0 Å². The van der Waals surface area contributed by atoms with E-state index in [4.69, 9.17) is 14.5 Å². The molecule has 3 aromatic rings. The minimum Gasteiger partial charge on any atom is -0.497 e. The van der Waals surface area contributed by atoms with Crippen molar-refractivity contribution in [2.75, 3.05) is 14.2 Å². The fourth-order valence-electron chi connectivity index (χ4n) is 2.90. The average Bonchev–Trinajstić information content (AvgIpc) is 3.14. The third kappa shape index (κ3) is 3.05. The monoisotopic (exact) mass is 356 g/mol. The third-order valence-corrected chi connectivity index (χ3v) is 5.20. The largest absolute Gasteiger partial charge is 0.497 e. The summed E-state index contributed by atoms with van der Waals surface area (Å²) in [4.78, 5) is 21.2. The first kappa shape index (κ1) is 17.2. The Morgan fingerprint density at radius 1 is 1.20 bits per heavy atom. The molecule has 2 heterocycles. The van der Waals surface area contributed by atoms with E-state index in [0.717, 1.165) is 43.8 Å². The van der Waals surface area contributed by atoms with E-state index in [1.165, 1.54) is 7.11 Å². The molecule has 0 radical (unpaired) electrons. The molecule has 6 heteroatoms. The van der Waals surface area contributed by atoms with Crippen LogP contribution in [-0.2, 0) is 4.74 Å². The second-order valence-corrected chi connectivity index (χ2v) is 6.98. The minimum atomic E-state index is -0.335. The smallest absolute Gasteiger partial charge is 0.339 e. The molecule has 0 aliphatic heterocycles. The summed E-state index contributed by atoms with van der Waals surface area (Å²) in [5.41, 5.74) is 4.95. The minimum absolute atomic E-state index is 0.335. The summed E-state index contributed by atoms with van der Waals surface area (Å²) in [6.07, 6.45) is 0. The summed E-state index contributed by atoms with van der Waals surface area (Å²) in [5.74, 6) is 0.463. The highest BCUT2D eigenvalue weighted by Gasteiger charge is 2.22. The molecule has 0 unspecified atom stereocenters. The van der Waals surface area contributed by atoms with E-state index >= 15 is 0 Å². The molecule has 3 rings (SSSR count). The van der Waals surface area contributed by atoms with E-state index in [-0.39, 0.29) is 5.97 Å². The Balaban J connectivity index is 2.08. The molecule has 1 aromatic carbocycles. The molecule has 0 aliphatic rings. The van der Waals surface area contributed by atoms with E-state index < -0.39 is 0 Å².